The molecule has 1 amide bonds. The topological polar surface area (TPSA) is 101 Å². The maximum Gasteiger partial charge on any atom is 0.668 e. The van der Waals surface area contributed by atoms with E-state index in [1.165, 1.54) is 4.90 Å². The summed E-state index contributed by atoms with van der Waals surface area (Å²) in [7, 11) is -1.24. The predicted octanol–water partition coefficient (Wildman–Crippen LogP) is -2.90. The molecule has 0 fully saturated rings. The second kappa shape index (κ2) is 5.32. The minimum atomic E-state index is -4.61. The Morgan fingerprint density at radius 2 is 1.30 bits per heavy atom. The van der Waals surface area contributed by atoms with Crippen molar-refractivity contribution in [1.82, 2.24) is 4.90 Å². The quantitative estimate of drug-likeness (QED) is 0.249. The van der Waals surface area contributed by atoms with E-state index in [1.807, 2.05) is 0 Å². The number of carbonyl (C=O) groups excluding carboxylic acids is 1. The molecule has 0 atom stereocenters. The van der Waals surface area contributed by atoms with Crippen LogP contribution in [0, 0.1) is 0 Å². The van der Waals surface area contributed by atoms with Crippen molar-refractivity contribution < 1.29 is 24.0 Å². The van der Waals surface area contributed by atoms with Crippen LogP contribution < -0.4 is 0 Å². The number of hydrogen-bond acceptors (Lipinski definition) is 5. The van der Waals surface area contributed by atoms with E-state index in [-0.39, 0.29) is 0 Å². The van der Waals surface area contributed by atoms with Crippen LogP contribution in [0.3, 0.4) is 0 Å². The van der Waals surface area contributed by atoms with E-state index in [9.17, 15) is 4.79 Å². The molecule has 0 unspecified atom stereocenters. The Bertz CT molecular complexity index is 83.4. The Hall–Kier alpha value is -0.473. The lowest BCUT2D eigenvalue weighted by Crippen LogP contribution is -2.33. The van der Waals surface area contributed by atoms with Crippen molar-refractivity contribution in [1.29, 1.82) is 0 Å². The third-order valence-electron chi connectivity index (χ3n) is 0.211. The summed E-state index contributed by atoms with van der Waals surface area (Å²) in [5.74, 6) is 0. The average Bonchev–Trinajstić information content (AvgIpc) is 1.61. The maximum atomic E-state index is 9.43. The molecule has 0 saturated carbocycles. The molecule has 0 heterocycles. The largest absolute Gasteiger partial charge is 0.668 e. The summed E-state index contributed by atoms with van der Waals surface area (Å²) in [5.41, 5.74) is 0. The lowest BCUT2D eigenvalue weighted by Gasteiger charge is -1.93. The molecule has 0 aliphatic heterocycles. The van der Waals surface area contributed by atoms with Gasteiger partial charge in [0.25, 0.3) is 0 Å². The molecular weight excluding hydrogens is 158 g/mol. The molecule has 0 rings (SSSR count). The highest BCUT2D eigenvalue weighted by Gasteiger charge is 2.22. The molecule has 4 N–H and O–H groups in total. The van der Waals surface area contributed by atoms with Gasteiger partial charge in [-0.2, -0.15) is 0 Å². The molecule has 62 valence electrons. The van der Waals surface area contributed by atoms with E-state index < -0.39 is 9.05 Å². The molecule has 0 aliphatic rings. The van der Waals surface area contributed by atoms with Crippen LogP contribution in [0.1, 0.15) is 0 Å². The third-order valence-corrected chi connectivity index (χ3v) is 0.211. The van der Waals surface area contributed by atoms with Crippen molar-refractivity contribution in [3.8, 4) is 0 Å². The summed E-state index contributed by atoms with van der Waals surface area (Å²) in [6.07, 6.45) is 0.750. The second-order valence-corrected chi connectivity index (χ2v) is 2.87. The Kier molecular flexibility index (Phi) is 6.51. The highest BCUT2D eigenvalue weighted by atomic mass is 28.4. The fourth-order valence-corrected chi connectivity index (χ4v) is 0. The lowest BCUT2D eigenvalue weighted by molar-refractivity contribution is -0.115. The summed E-state index contributed by atoms with van der Waals surface area (Å²) >= 11 is 0. The summed E-state index contributed by atoms with van der Waals surface area (Å²) < 4.78 is 0. The number of hydrogen-bond donors (Lipinski definition) is 4. The van der Waals surface area contributed by atoms with Gasteiger partial charge in [0.15, 0.2) is 0 Å². The molecule has 0 aliphatic carbocycles. The Morgan fingerprint density at radius 1 is 1.20 bits per heavy atom. The van der Waals surface area contributed by atoms with Crippen molar-refractivity contribution in [3.63, 3.8) is 0 Å². The first-order chi connectivity index (χ1) is 4.27. The first-order valence-corrected chi connectivity index (χ1v) is 4.07. The van der Waals surface area contributed by atoms with Crippen LogP contribution in [0.4, 0.5) is 0 Å². The van der Waals surface area contributed by atoms with E-state index in [0.29, 0.717) is 0 Å². The zero-order valence-corrected chi connectivity index (χ0v) is 6.72. The fourth-order valence-electron chi connectivity index (χ4n) is 0. The predicted molar refractivity (Wildman–Crippen MR) is 34.4 cm³/mol. The molecule has 0 aromatic rings. The van der Waals surface area contributed by atoms with Gasteiger partial charge < -0.3 is 24.1 Å². The van der Waals surface area contributed by atoms with Gasteiger partial charge in [-0.15, -0.1) is 0 Å². The first-order valence-electron chi connectivity index (χ1n) is 2.28. The van der Waals surface area contributed by atoms with Crippen LogP contribution in [0.25, 0.3) is 0 Å². The van der Waals surface area contributed by atoms with E-state index in [2.05, 4.69) is 0 Å². The fraction of sp³-hybridized carbons (Fsp3) is 0.667. The zero-order chi connectivity index (χ0) is 8.78. The minimum Gasteiger partial charge on any atom is -0.368 e. The van der Waals surface area contributed by atoms with Gasteiger partial charge in [-0.1, -0.05) is 0 Å². The van der Waals surface area contributed by atoms with Crippen molar-refractivity contribution >= 4 is 15.5 Å². The number of carbonyl (C=O) groups is 1. The van der Waals surface area contributed by atoms with Gasteiger partial charge in [-0.05, 0) is 0 Å². The van der Waals surface area contributed by atoms with E-state index >= 15 is 0 Å². The molecule has 10 heavy (non-hydrogen) atoms. The molecule has 0 bridgehead atoms. The average molecular weight is 169 g/mol. The standard InChI is InChI=1S/C3H7NO.H4O4Si/c1-4(2)3-5;1-5(2,3)4/h3H,1-2H3;1-4H. The third kappa shape index (κ3) is 138. The van der Waals surface area contributed by atoms with E-state index in [1.54, 1.807) is 14.1 Å². The summed E-state index contributed by atoms with van der Waals surface area (Å²) in [6, 6.07) is 0. The summed E-state index contributed by atoms with van der Waals surface area (Å²) in [6.45, 7) is 0. The normalized spacial score (nSPS) is 9.40. The van der Waals surface area contributed by atoms with E-state index in [4.69, 9.17) is 19.2 Å². The van der Waals surface area contributed by atoms with Gasteiger partial charge in [0.05, 0.1) is 0 Å². The van der Waals surface area contributed by atoms with Gasteiger partial charge in [-0.25, -0.2) is 0 Å². The highest BCUT2D eigenvalue weighted by Crippen LogP contribution is 1.67. The molecule has 0 aromatic carbocycles. The van der Waals surface area contributed by atoms with Crippen molar-refractivity contribution in [2.45, 2.75) is 0 Å². The number of rotatable bonds is 1. The smallest absolute Gasteiger partial charge is 0.368 e. The molecule has 0 aromatic heterocycles. The van der Waals surface area contributed by atoms with Gasteiger partial charge in [-0.3, -0.25) is 4.79 Å². The van der Waals surface area contributed by atoms with Crippen molar-refractivity contribution in [2.24, 2.45) is 0 Å². The van der Waals surface area contributed by atoms with Crippen molar-refractivity contribution in [3.05, 3.63) is 0 Å². The Balaban J connectivity index is 0. The zero-order valence-electron chi connectivity index (χ0n) is 5.72. The van der Waals surface area contributed by atoms with Crippen LogP contribution in [0.15, 0.2) is 0 Å². The van der Waals surface area contributed by atoms with Crippen molar-refractivity contribution in [2.75, 3.05) is 14.1 Å². The van der Waals surface area contributed by atoms with Gasteiger partial charge in [0.1, 0.15) is 0 Å². The second-order valence-electron chi connectivity index (χ2n) is 1.67. The molecular formula is C3H11NO5Si. The number of amides is 1. The van der Waals surface area contributed by atoms with E-state index in [0.717, 1.165) is 6.41 Å². The highest BCUT2D eigenvalue weighted by molar-refractivity contribution is 6.46. The molecule has 6 nitrogen and oxygen atoms in total. The SMILES string of the molecule is CN(C)C=O.O[Si](O)(O)O. The van der Waals surface area contributed by atoms with Crippen LogP contribution in [-0.4, -0.2) is 53.6 Å². The first kappa shape index (κ1) is 12.2. The summed E-state index contributed by atoms with van der Waals surface area (Å²) in [4.78, 5) is 40.2. The van der Waals surface area contributed by atoms with Crippen LogP contribution >= 0.6 is 0 Å². The molecule has 0 spiro atoms. The van der Waals surface area contributed by atoms with Crippen LogP contribution in [0.5, 0.6) is 0 Å². The Morgan fingerprint density at radius 3 is 1.30 bits per heavy atom. The Labute approximate surface area is 59.4 Å². The van der Waals surface area contributed by atoms with Crippen LogP contribution in [0.2, 0.25) is 0 Å². The maximum absolute atomic E-state index is 9.43. The van der Waals surface area contributed by atoms with Gasteiger partial charge >= 0.3 is 9.05 Å². The molecule has 0 saturated heterocycles. The molecule has 0 radical (unpaired) electrons. The van der Waals surface area contributed by atoms with Crippen LogP contribution in [-0.2, 0) is 4.79 Å². The lowest BCUT2D eigenvalue weighted by atomic mass is 11.0. The molecule has 7 heteroatoms. The summed E-state index contributed by atoms with van der Waals surface area (Å²) in [5, 5.41) is 0. The minimum absolute atomic E-state index is 0.750. The van der Waals surface area contributed by atoms with Gasteiger partial charge in [0.2, 0.25) is 6.41 Å². The van der Waals surface area contributed by atoms with Gasteiger partial charge in [0, 0.05) is 14.1 Å². The monoisotopic (exact) mass is 169 g/mol. The number of nitrogens with zero attached hydrogens (tertiary/aromatic N) is 1.